The topological polar surface area (TPSA) is 59.2 Å². The number of methoxy groups -OCH3 is 2. The standard InChI is InChI=1S/C14H19N3O2/c1-18-8-7-15-9-12-10-16-14(17-12)11-3-5-13(19-2)6-4-11/h3-6,10,15H,7-9H2,1-2H3,(H,16,17). The summed E-state index contributed by atoms with van der Waals surface area (Å²) in [5.41, 5.74) is 2.10. The molecule has 5 nitrogen and oxygen atoms in total. The molecule has 0 bridgehead atoms. The van der Waals surface area contributed by atoms with E-state index in [1.807, 2.05) is 30.5 Å². The Bertz CT molecular complexity index is 494. The number of benzene rings is 1. The summed E-state index contributed by atoms with van der Waals surface area (Å²) in [5.74, 6) is 1.71. The molecule has 0 aliphatic carbocycles. The predicted molar refractivity (Wildman–Crippen MR) is 74.2 cm³/mol. The van der Waals surface area contributed by atoms with Gasteiger partial charge >= 0.3 is 0 Å². The molecule has 1 aromatic heterocycles. The highest BCUT2D eigenvalue weighted by atomic mass is 16.5. The molecule has 2 rings (SSSR count). The fourth-order valence-corrected chi connectivity index (χ4v) is 1.74. The molecule has 102 valence electrons. The lowest BCUT2D eigenvalue weighted by molar-refractivity contribution is 0.199. The van der Waals surface area contributed by atoms with E-state index in [2.05, 4.69) is 15.3 Å². The van der Waals surface area contributed by atoms with E-state index in [1.165, 1.54) is 0 Å². The minimum absolute atomic E-state index is 0.708. The Labute approximate surface area is 113 Å². The van der Waals surface area contributed by atoms with Gasteiger partial charge in [0, 0.05) is 37.7 Å². The SMILES string of the molecule is COCCNCc1cnc(-c2ccc(OC)cc2)[nH]1. The van der Waals surface area contributed by atoms with Crippen LogP contribution in [0.25, 0.3) is 11.4 Å². The second-order valence-corrected chi connectivity index (χ2v) is 4.16. The van der Waals surface area contributed by atoms with Crippen molar-refractivity contribution in [2.45, 2.75) is 6.54 Å². The number of hydrogen-bond donors (Lipinski definition) is 2. The maximum absolute atomic E-state index is 5.13. The molecule has 2 aromatic rings. The lowest BCUT2D eigenvalue weighted by Crippen LogP contribution is -2.18. The van der Waals surface area contributed by atoms with Gasteiger partial charge in [-0.25, -0.2) is 4.98 Å². The second kappa shape index (κ2) is 6.92. The summed E-state index contributed by atoms with van der Waals surface area (Å²) in [7, 11) is 3.35. The van der Waals surface area contributed by atoms with E-state index < -0.39 is 0 Å². The first-order valence-electron chi connectivity index (χ1n) is 6.21. The Balaban J connectivity index is 1.95. The number of H-pyrrole nitrogens is 1. The van der Waals surface area contributed by atoms with Gasteiger partial charge in [-0.15, -0.1) is 0 Å². The van der Waals surface area contributed by atoms with Gasteiger partial charge in [0.2, 0.25) is 0 Å². The predicted octanol–water partition coefficient (Wildman–Crippen LogP) is 1.82. The molecule has 0 atom stereocenters. The van der Waals surface area contributed by atoms with Crippen LogP contribution in [0.4, 0.5) is 0 Å². The van der Waals surface area contributed by atoms with E-state index in [-0.39, 0.29) is 0 Å². The number of imidazole rings is 1. The Morgan fingerprint density at radius 1 is 1.21 bits per heavy atom. The zero-order valence-electron chi connectivity index (χ0n) is 11.3. The third-order valence-corrected chi connectivity index (χ3v) is 2.79. The van der Waals surface area contributed by atoms with E-state index in [1.54, 1.807) is 14.2 Å². The Morgan fingerprint density at radius 3 is 2.68 bits per heavy atom. The summed E-state index contributed by atoms with van der Waals surface area (Å²) in [4.78, 5) is 7.66. The van der Waals surface area contributed by atoms with Crippen LogP contribution in [0.5, 0.6) is 5.75 Å². The monoisotopic (exact) mass is 261 g/mol. The smallest absolute Gasteiger partial charge is 0.137 e. The van der Waals surface area contributed by atoms with Crippen molar-refractivity contribution in [3.05, 3.63) is 36.2 Å². The van der Waals surface area contributed by atoms with Crippen LogP contribution in [0.3, 0.4) is 0 Å². The van der Waals surface area contributed by atoms with Gasteiger partial charge in [0.25, 0.3) is 0 Å². The fourth-order valence-electron chi connectivity index (χ4n) is 1.74. The molecular formula is C14H19N3O2. The third kappa shape index (κ3) is 3.81. The molecule has 0 spiro atoms. The molecule has 0 saturated heterocycles. The maximum Gasteiger partial charge on any atom is 0.137 e. The van der Waals surface area contributed by atoms with Crippen molar-refractivity contribution in [3.63, 3.8) is 0 Å². The Hall–Kier alpha value is -1.85. The highest BCUT2D eigenvalue weighted by Gasteiger charge is 2.03. The first kappa shape index (κ1) is 13.6. The van der Waals surface area contributed by atoms with E-state index >= 15 is 0 Å². The zero-order valence-corrected chi connectivity index (χ0v) is 11.3. The van der Waals surface area contributed by atoms with E-state index in [9.17, 15) is 0 Å². The van der Waals surface area contributed by atoms with Crippen LogP contribution in [-0.2, 0) is 11.3 Å². The molecule has 0 saturated carbocycles. The Kier molecular flexibility index (Phi) is 4.94. The number of hydrogen-bond acceptors (Lipinski definition) is 4. The highest BCUT2D eigenvalue weighted by Crippen LogP contribution is 2.19. The number of nitrogens with zero attached hydrogens (tertiary/aromatic N) is 1. The van der Waals surface area contributed by atoms with Gasteiger partial charge in [-0.1, -0.05) is 0 Å². The normalized spacial score (nSPS) is 10.6. The number of aromatic amines is 1. The molecule has 19 heavy (non-hydrogen) atoms. The average molecular weight is 261 g/mol. The van der Waals surface area contributed by atoms with Gasteiger partial charge < -0.3 is 19.8 Å². The van der Waals surface area contributed by atoms with Crippen LogP contribution in [0.1, 0.15) is 5.69 Å². The average Bonchev–Trinajstić information content (AvgIpc) is 2.92. The van der Waals surface area contributed by atoms with Crippen molar-refractivity contribution >= 4 is 0 Å². The fraction of sp³-hybridized carbons (Fsp3) is 0.357. The summed E-state index contributed by atoms with van der Waals surface area (Å²) >= 11 is 0. The summed E-state index contributed by atoms with van der Waals surface area (Å²) in [5, 5.41) is 3.27. The van der Waals surface area contributed by atoms with E-state index in [4.69, 9.17) is 9.47 Å². The molecule has 0 fully saturated rings. The minimum atomic E-state index is 0.708. The van der Waals surface area contributed by atoms with Crippen LogP contribution in [-0.4, -0.2) is 37.3 Å². The van der Waals surface area contributed by atoms with Gasteiger partial charge in [-0.05, 0) is 24.3 Å². The Morgan fingerprint density at radius 2 is 2.00 bits per heavy atom. The molecular weight excluding hydrogens is 242 g/mol. The van der Waals surface area contributed by atoms with Gasteiger partial charge in [-0.2, -0.15) is 0 Å². The molecule has 1 aromatic carbocycles. The van der Waals surface area contributed by atoms with Gasteiger partial charge in [-0.3, -0.25) is 0 Å². The molecule has 0 aliphatic rings. The summed E-state index contributed by atoms with van der Waals surface area (Å²) < 4.78 is 10.1. The maximum atomic E-state index is 5.13. The molecule has 0 aliphatic heterocycles. The second-order valence-electron chi connectivity index (χ2n) is 4.16. The first-order valence-corrected chi connectivity index (χ1v) is 6.21. The largest absolute Gasteiger partial charge is 0.497 e. The van der Waals surface area contributed by atoms with Crippen molar-refractivity contribution in [2.75, 3.05) is 27.4 Å². The molecule has 0 unspecified atom stereocenters. The summed E-state index contributed by atoms with van der Waals surface area (Å²) in [6.45, 7) is 2.29. The number of nitrogens with one attached hydrogen (secondary N) is 2. The van der Waals surface area contributed by atoms with Gasteiger partial charge in [0.1, 0.15) is 11.6 Å². The van der Waals surface area contributed by atoms with Crippen LogP contribution < -0.4 is 10.1 Å². The van der Waals surface area contributed by atoms with E-state index in [0.717, 1.165) is 35.9 Å². The molecule has 1 heterocycles. The first-order chi connectivity index (χ1) is 9.33. The molecule has 0 radical (unpaired) electrons. The van der Waals surface area contributed by atoms with Gasteiger partial charge in [0.15, 0.2) is 0 Å². The van der Waals surface area contributed by atoms with Crippen LogP contribution in [0.2, 0.25) is 0 Å². The minimum Gasteiger partial charge on any atom is -0.497 e. The molecule has 2 N–H and O–H groups in total. The van der Waals surface area contributed by atoms with Crippen LogP contribution in [0.15, 0.2) is 30.5 Å². The van der Waals surface area contributed by atoms with Crippen molar-refractivity contribution in [1.82, 2.24) is 15.3 Å². The van der Waals surface area contributed by atoms with E-state index in [0.29, 0.717) is 6.61 Å². The lowest BCUT2D eigenvalue weighted by atomic mass is 10.2. The van der Waals surface area contributed by atoms with Crippen molar-refractivity contribution in [1.29, 1.82) is 0 Å². The lowest BCUT2D eigenvalue weighted by Gasteiger charge is -2.02. The van der Waals surface area contributed by atoms with Crippen LogP contribution >= 0.6 is 0 Å². The summed E-state index contributed by atoms with van der Waals surface area (Å²) in [6.07, 6.45) is 1.85. The summed E-state index contributed by atoms with van der Waals surface area (Å²) in [6, 6.07) is 7.82. The van der Waals surface area contributed by atoms with Crippen molar-refractivity contribution in [2.24, 2.45) is 0 Å². The zero-order chi connectivity index (χ0) is 13.5. The van der Waals surface area contributed by atoms with Crippen molar-refractivity contribution in [3.8, 4) is 17.1 Å². The van der Waals surface area contributed by atoms with Crippen molar-refractivity contribution < 1.29 is 9.47 Å². The van der Waals surface area contributed by atoms with Crippen LogP contribution in [0, 0.1) is 0 Å². The quantitative estimate of drug-likeness (QED) is 0.746. The molecule has 5 heteroatoms. The number of aromatic nitrogens is 2. The third-order valence-electron chi connectivity index (χ3n) is 2.79. The number of ether oxygens (including phenoxy) is 2. The molecule has 0 amide bonds. The number of rotatable bonds is 7. The highest BCUT2D eigenvalue weighted by molar-refractivity contribution is 5.56. The van der Waals surface area contributed by atoms with Gasteiger partial charge in [0.05, 0.1) is 13.7 Å².